The van der Waals surface area contributed by atoms with Gasteiger partial charge in [-0.15, -0.1) is 0 Å². The average molecular weight is 357 g/mol. The maximum Gasteiger partial charge on any atom is 0.259 e. The van der Waals surface area contributed by atoms with Crippen LogP contribution < -0.4 is 5.32 Å². The van der Waals surface area contributed by atoms with Crippen molar-refractivity contribution in [1.29, 1.82) is 0 Å². The molecule has 0 unspecified atom stereocenters. The summed E-state index contributed by atoms with van der Waals surface area (Å²) in [6, 6.07) is 13.6. The van der Waals surface area contributed by atoms with E-state index in [0.717, 1.165) is 11.1 Å². The molecule has 0 fully saturated rings. The normalized spacial score (nSPS) is 10.9. The smallest absolute Gasteiger partial charge is 0.259 e. The van der Waals surface area contributed by atoms with Crippen LogP contribution in [0.4, 0.5) is 5.82 Å². The molecule has 0 saturated heterocycles. The fourth-order valence-corrected chi connectivity index (χ4v) is 3.10. The number of benzene rings is 2. The van der Waals surface area contributed by atoms with E-state index in [1.54, 1.807) is 29.3 Å². The molecule has 0 spiro atoms. The van der Waals surface area contributed by atoms with Gasteiger partial charge in [0, 0.05) is 18.0 Å². The highest BCUT2D eigenvalue weighted by molar-refractivity contribution is 6.11. The first kappa shape index (κ1) is 16.9. The van der Waals surface area contributed by atoms with Crippen LogP contribution >= 0.6 is 0 Å². The number of nitrogens with one attached hydrogen (secondary N) is 1. The third kappa shape index (κ3) is 3.42. The number of para-hydroxylation sites is 1. The summed E-state index contributed by atoms with van der Waals surface area (Å²) in [5, 5.41) is 7.42. The van der Waals surface area contributed by atoms with Gasteiger partial charge in [-0.1, -0.05) is 35.9 Å². The molecule has 6 heteroatoms. The van der Waals surface area contributed by atoms with Gasteiger partial charge in [-0.2, -0.15) is 5.10 Å². The van der Waals surface area contributed by atoms with Crippen molar-refractivity contribution in [1.82, 2.24) is 19.7 Å². The predicted octanol–water partition coefficient (Wildman–Crippen LogP) is 3.74. The van der Waals surface area contributed by atoms with Crippen LogP contribution in [0, 0.1) is 13.8 Å². The number of amides is 1. The number of carbonyl (C=O) groups is 1. The topological polar surface area (TPSA) is 72.7 Å². The van der Waals surface area contributed by atoms with Gasteiger partial charge in [-0.05, 0) is 31.5 Å². The van der Waals surface area contributed by atoms with Crippen LogP contribution in [0.25, 0.3) is 11.0 Å². The molecule has 2 aromatic carbocycles. The molecule has 1 amide bonds. The lowest BCUT2D eigenvalue weighted by atomic mass is 10.1. The highest BCUT2D eigenvalue weighted by Crippen LogP contribution is 2.20. The standard InChI is InChI=1S/C21H19N5O/c1-14-5-3-6-16(11-14)13-26-20(15(2)12-24-26)25-21(27)17-7-4-8-18-19(17)23-10-9-22-18/h3-12H,13H2,1-2H3,(H,25,27). The highest BCUT2D eigenvalue weighted by atomic mass is 16.1. The summed E-state index contributed by atoms with van der Waals surface area (Å²) < 4.78 is 1.80. The van der Waals surface area contributed by atoms with Gasteiger partial charge >= 0.3 is 0 Å². The zero-order valence-electron chi connectivity index (χ0n) is 15.2. The van der Waals surface area contributed by atoms with Crippen molar-refractivity contribution >= 4 is 22.8 Å². The molecule has 0 saturated carbocycles. The lowest BCUT2D eigenvalue weighted by Gasteiger charge is -2.11. The molecule has 4 aromatic rings. The Balaban J connectivity index is 1.64. The van der Waals surface area contributed by atoms with E-state index in [1.807, 2.05) is 25.1 Å². The molecule has 0 atom stereocenters. The van der Waals surface area contributed by atoms with Gasteiger partial charge in [0.2, 0.25) is 0 Å². The number of nitrogens with zero attached hydrogens (tertiary/aromatic N) is 4. The van der Waals surface area contributed by atoms with E-state index in [-0.39, 0.29) is 5.91 Å². The monoisotopic (exact) mass is 357 g/mol. The van der Waals surface area contributed by atoms with Gasteiger partial charge in [-0.3, -0.25) is 14.8 Å². The summed E-state index contributed by atoms with van der Waals surface area (Å²) in [5.74, 6) is 0.456. The number of hydrogen-bond acceptors (Lipinski definition) is 4. The zero-order chi connectivity index (χ0) is 18.8. The van der Waals surface area contributed by atoms with Crippen LogP contribution in [0.5, 0.6) is 0 Å². The Bertz CT molecular complexity index is 1130. The molecule has 2 aromatic heterocycles. The minimum Gasteiger partial charge on any atom is -0.306 e. The molecule has 0 bridgehead atoms. The Kier molecular flexibility index (Phi) is 4.38. The van der Waals surface area contributed by atoms with Crippen molar-refractivity contribution in [2.45, 2.75) is 20.4 Å². The first-order valence-corrected chi connectivity index (χ1v) is 8.71. The lowest BCUT2D eigenvalue weighted by molar-refractivity contribution is 0.102. The summed E-state index contributed by atoms with van der Waals surface area (Å²) in [5.41, 5.74) is 4.99. The molecular weight excluding hydrogens is 338 g/mol. The summed E-state index contributed by atoms with van der Waals surface area (Å²) >= 11 is 0. The number of aryl methyl sites for hydroxylation is 2. The van der Waals surface area contributed by atoms with Gasteiger partial charge in [0.05, 0.1) is 23.8 Å². The molecule has 27 heavy (non-hydrogen) atoms. The van der Waals surface area contributed by atoms with Crippen LogP contribution in [-0.4, -0.2) is 25.7 Å². The number of aromatic nitrogens is 4. The summed E-state index contributed by atoms with van der Waals surface area (Å²) in [7, 11) is 0. The fraction of sp³-hybridized carbons (Fsp3) is 0.143. The summed E-state index contributed by atoms with van der Waals surface area (Å²) in [6.07, 6.45) is 4.96. The van der Waals surface area contributed by atoms with E-state index in [1.165, 1.54) is 5.56 Å². The fourth-order valence-electron chi connectivity index (χ4n) is 3.10. The maximum absolute atomic E-state index is 12.9. The summed E-state index contributed by atoms with van der Waals surface area (Å²) in [4.78, 5) is 21.5. The molecule has 4 rings (SSSR count). The van der Waals surface area contributed by atoms with Crippen molar-refractivity contribution in [2.24, 2.45) is 0 Å². The van der Waals surface area contributed by atoms with Crippen LogP contribution in [0.15, 0.2) is 61.1 Å². The van der Waals surface area contributed by atoms with Crippen molar-refractivity contribution in [3.05, 3.63) is 83.3 Å². The predicted molar refractivity (Wildman–Crippen MR) is 105 cm³/mol. The number of carbonyl (C=O) groups excluding carboxylic acids is 1. The number of anilines is 1. The first-order valence-electron chi connectivity index (χ1n) is 8.71. The first-order chi connectivity index (χ1) is 13.1. The lowest BCUT2D eigenvalue weighted by Crippen LogP contribution is -2.17. The van der Waals surface area contributed by atoms with Crippen molar-refractivity contribution < 1.29 is 4.79 Å². The van der Waals surface area contributed by atoms with E-state index in [9.17, 15) is 4.79 Å². The molecule has 0 aliphatic carbocycles. The van der Waals surface area contributed by atoms with Gasteiger partial charge < -0.3 is 5.32 Å². The van der Waals surface area contributed by atoms with Crippen LogP contribution in [0.3, 0.4) is 0 Å². The second-order valence-corrected chi connectivity index (χ2v) is 6.51. The number of rotatable bonds is 4. The summed E-state index contributed by atoms with van der Waals surface area (Å²) in [6.45, 7) is 4.57. The van der Waals surface area contributed by atoms with E-state index >= 15 is 0 Å². The Morgan fingerprint density at radius 1 is 1.07 bits per heavy atom. The zero-order valence-corrected chi connectivity index (χ0v) is 15.2. The minimum absolute atomic E-state index is 0.227. The van der Waals surface area contributed by atoms with E-state index in [2.05, 4.69) is 45.5 Å². The van der Waals surface area contributed by atoms with E-state index in [0.29, 0.717) is 29.0 Å². The quantitative estimate of drug-likeness (QED) is 0.604. The second-order valence-electron chi connectivity index (χ2n) is 6.51. The van der Waals surface area contributed by atoms with Crippen LogP contribution in [0.2, 0.25) is 0 Å². The molecule has 2 heterocycles. The Morgan fingerprint density at radius 3 is 2.74 bits per heavy atom. The van der Waals surface area contributed by atoms with Crippen molar-refractivity contribution in [3.8, 4) is 0 Å². The molecule has 134 valence electrons. The Hall–Kier alpha value is -3.54. The molecule has 6 nitrogen and oxygen atoms in total. The minimum atomic E-state index is -0.227. The van der Waals surface area contributed by atoms with Crippen LogP contribution in [-0.2, 0) is 6.54 Å². The third-order valence-corrected chi connectivity index (χ3v) is 4.41. The Labute approximate surface area is 156 Å². The average Bonchev–Trinajstić information content (AvgIpc) is 3.01. The number of hydrogen-bond donors (Lipinski definition) is 1. The Morgan fingerprint density at radius 2 is 1.89 bits per heavy atom. The van der Waals surface area contributed by atoms with E-state index < -0.39 is 0 Å². The third-order valence-electron chi connectivity index (χ3n) is 4.41. The van der Waals surface area contributed by atoms with Gasteiger partial charge in [0.15, 0.2) is 0 Å². The molecule has 0 radical (unpaired) electrons. The highest BCUT2D eigenvalue weighted by Gasteiger charge is 2.16. The largest absolute Gasteiger partial charge is 0.306 e. The van der Waals surface area contributed by atoms with E-state index in [4.69, 9.17) is 0 Å². The van der Waals surface area contributed by atoms with Crippen molar-refractivity contribution in [3.63, 3.8) is 0 Å². The van der Waals surface area contributed by atoms with Gasteiger partial charge in [0.25, 0.3) is 5.91 Å². The number of fused-ring (bicyclic) bond motifs is 1. The second kappa shape index (κ2) is 6.99. The van der Waals surface area contributed by atoms with Gasteiger partial charge in [0.1, 0.15) is 11.3 Å². The maximum atomic E-state index is 12.9. The van der Waals surface area contributed by atoms with Crippen molar-refractivity contribution in [2.75, 3.05) is 5.32 Å². The molecule has 1 N–H and O–H groups in total. The SMILES string of the molecule is Cc1cccc(Cn2ncc(C)c2NC(=O)c2cccc3nccnc23)c1. The molecular formula is C21H19N5O. The molecule has 0 aliphatic rings. The van der Waals surface area contributed by atoms with Crippen LogP contribution in [0.1, 0.15) is 27.0 Å². The van der Waals surface area contributed by atoms with Gasteiger partial charge in [-0.25, -0.2) is 4.68 Å². The molecule has 0 aliphatic heterocycles.